The number of nitrogens with zero attached hydrogens (tertiary/aromatic N) is 7. The van der Waals surface area contributed by atoms with E-state index in [1.807, 2.05) is 0 Å². The number of likely N-dealkylation sites (N-methyl/N-ethyl adjacent to an activating group) is 1. The molecule has 5 aliphatic rings. The highest BCUT2D eigenvalue weighted by Gasteiger charge is 2.64. The number of benzene rings is 2. The number of carbonyl (C=O) groups is 4. The number of likely N-dealkylation sites (tertiary alicyclic amines) is 1. The van der Waals surface area contributed by atoms with E-state index in [-0.39, 0.29) is 30.1 Å². The van der Waals surface area contributed by atoms with Crippen LogP contribution in [0.4, 0.5) is 5.95 Å². The molecule has 62 heavy (non-hydrogen) atoms. The number of halogens is 1. The van der Waals surface area contributed by atoms with Crippen molar-refractivity contribution in [3.63, 3.8) is 0 Å². The Kier molecular flexibility index (Phi) is 11.8. The lowest BCUT2D eigenvalue weighted by Gasteiger charge is -2.63. The minimum atomic E-state index is -0.757. The number of fused-ring (bicyclic) bond motifs is 1. The average Bonchev–Trinajstić information content (AvgIpc) is 3.48. The minimum Gasteiger partial charge on any atom is -0.490 e. The van der Waals surface area contributed by atoms with Crippen LogP contribution in [0.5, 0.6) is 11.5 Å². The molecule has 8 rings (SSSR count). The molecule has 2 aliphatic carbocycles. The van der Waals surface area contributed by atoms with Gasteiger partial charge in [-0.1, -0.05) is 39.3 Å². The summed E-state index contributed by atoms with van der Waals surface area (Å²) in [5.41, 5.74) is 0.644. The Labute approximate surface area is 368 Å². The number of nitriles is 1. The Morgan fingerprint density at radius 1 is 0.935 bits per heavy atom. The maximum absolute atomic E-state index is 13.5. The summed E-state index contributed by atoms with van der Waals surface area (Å²) in [5, 5.41) is 12.8. The maximum Gasteiger partial charge on any atom is 0.262 e. The standard InChI is InChI=1S/C47H57ClN8O6/c1-27(2)55(31-19-34(20-31)61-32-12-13-35-36(21-32)41(59)56(40(35)58)38-9-8-16-53(7)42(38)60)26-28-14-17-54(18-15-28)45-50-24-30(25-51-45)39(57)52-43-46(3,4)44(47(43,5)6)62-33-11-10-29(23-49)37(48)22-33/h10-13,21-22,24-25,27-28,31,34,38,43-44H,8-9,14-20,26H2,1-7H3,(H,52,57). The van der Waals surface area contributed by atoms with Crippen LogP contribution in [-0.4, -0.2) is 118 Å². The van der Waals surface area contributed by atoms with Gasteiger partial charge in [-0.05, 0) is 75.8 Å². The molecule has 2 aromatic carbocycles. The summed E-state index contributed by atoms with van der Waals surface area (Å²) < 4.78 is 12.7. The monoisotopic (exact) mass is 864 g/mol. The number of aromatic nitrogens is 2. The zero-order valence-corrected chi connectivity index (χ0v) is 37.4. The third-order valence-corrected chi connectivity index (χ3v) is 14.3. The Bertz CT molecular complexity index is 2260. The molecule has 3 aliphatic heterocycles. The normalized spacial score (nSPS) is 25.6. The molecule has 14 nitrogen and oxygen atoms in total. The molecular formula is C47H57ClN8O6. The van der Waals surface area contributed by atoms with Gasteiger partial charge in [-0.25, -0.2) is 9.97 Å². The molecule has 2 saturated carbocycles. The third kappa shape index (κ3) is 7.98. The molecule has 4 fully saturated rings. The lowest BCUT2D eigenvalue weighted by molar-refractivity contribution is -0.164. The number of ether oxygens (including phenoxy) is 2. The summed E-state index contributed by atoms with van der Waals surface area (Å²) in [5.74, 6) is 1.04. The number of rotatable bonds is 12. The minimum absolute atomic E-state index is 0.0120. The van der Waals surface area contributed by atoms with Gasteiger partial charge in [0.1, 0.15) is 35.8 Å². The fourth-order valence-corrected chi connectivity index (χ4v) is 11.0. The first-order valence-corrected chi connectivity index (χ1v) is 22.3. The molecule has 1 N–H and O–H groups in total. The molecule has 1 aromatic heterocycles. The summed E-state index contributed by atoms with van der Waals surface area (Å²) in [6.45, 7) is 16.0. The van der Waals surface area contributed by atoms with Crippen LogP contribution < -0.4 is 19.7 Å². The van der Waals surface area contributed by atoms with Gasteiger partial charge in [-0.2, -0.15) is 5.26 Å². The largest absolute Gasteiger partial charge is 0.490 e. The summed E-state index contributed by atoms with van der Waals surface area (Å²) in [6, 6.07) is 12.0. The Morgan fingerprint density at radius 2 is 1.58 bits per heavy atom. The molecule has 4 amide bonds. The lowest BCUT2D eigenvalue weighted by atomic mass is 9.49. The molecule has 0 spiro atoms. The number of piperidine rings is 2. The summed E-state index contributed by atoms with van der Waals surface area (Å²) in [4.78, 5) is 69.7. The van der Waals surface area contributed by atoms with Crippen molar-refractivity contribution in [2.24, 2.45) is 16.7 Å². The number of amides is 4. The van der Waals surface area contributed by atoms with E-state index in [9.17, 15) is 24.4 Å². The van der Waals surface area contributed by atoms with Gasteiger partial charge < -0.3 is 24.6 Å². The Hall–Kier alpha value is -5.26. The van der Waals surface area contributed by atoms with Crippen molar-refractivity contribution in [2.45, 2.75) is 116 Å². The molecule has 328 valence electrons. The summed E-state index contributed by atoms with van der Waals surface area (Å²) in [7, 11) is 1.71. The smallest absolute Gasteiger partial charge is 0.262 e. The van der Waals surface area contributed by atoms with Gasteiger partial charge in [0, 0.05) is 93.5 Å². The second-order valence-corrected chi connectivity index (χ2v) is 19.7. The van der Waals surface area contributed by atoms with Crippen molar-refractivity contribution < 1.29 is 28.7 Å². The fourth-order valence-electron chi connectivity index (χ4n) is 10.7. The predicted octanol–water partition coefficient (Wildman–Crippen LogP) is 6.37. The zero-order chi connectivity index (χ0) is 44.2. The third-order valence-electron chi connectivity index (χ3n) is 14.0. The highest BCUT2D eigenvalue weighted by Crippen LogP contribution is 2.55. The van der Waals surface area contributed by atoms with Gasteiger partial charge in [-0.3, -0.25) is 29.0 Å². The van der Waals surface area contributed by atoms with Crippen molar-refractivity contribution in [2.75, 3.05) is 38.1 Å². The van der Waals surface area contributed by atoms with Gasteiger partial charge in [0.2, 0.25) is 11.9 Å². The second kappa shape index (κ2) is 16.8. The fraction of sp³-hybridized carbons (Fsp3) is 0.553. The number of hydrogen-bond donors (Lipinski definition) is 1. The SMILES string of the molecule is CC(C)N(CC1CCN(c2ncc(C(=O)NC3C(C)(C)C(Oc4ccc(C#N)c(Cl)c4)C3(C)C)cn2)CC1)C1CC(Oc2ccc3c(c2)C(=O)N(C2CCCN(C)C2=O)C3=O)C1. The molecule has 3 aromatic rings. The molecule has 15 heteroatoms. The van der Waals surface area contributed by atoms with Crippen LogP contribution in [0, 0.1) is 28.1 Å². The number of anilines is 1. The molecular weight excluding hydrogens is 808 g/mol. The van der Waals surface area contributed by atoms with Crippen molar-refractivity contribution in [3.05, 3.63) is 76.1 Å². The van der Waals surface area contributed by atoms with Crippen LogP contribution in [-0.2, 0) is 4.79 Å². The zero-order valence-electron chi connectivity index (χ0n) is 36.7. The number of carbonyl (C=O) groups excluding carboxylic acids is 4. The summed E-state index contributed by atoms with van der Waals surface area (Å²) in [6.07, 6.45) is 8.02. The van der Waals surface area contributed by atoms with E-state index >= 15 is 0 Å². The van der Waals surface area contributed by atoms with E-state index in [0.717, 1.165) is 56.6 Å². The van der Waals surface area contributed by atoms with E-state index in [2.05, 4.69) is 72.7 Å². The van der Waals surface area contributed by atoms with Gasteiger partial charge in [0.05, 0.1) is 27.3 Å². The van der Waals surface area contributed by atoms with Crippen LogP contribution in [0.3, 0.4) is 0 Å². The average molecular weight is 865 g/mol. The van der Waals surface area contributed by atoms with Crippen molar-refractivity contribution in [1.29, 1.82) is 5.26 Å². The quantitative estimate of drug-likeness (QED) is 0.202. The van der Waals surface area contributed by atoms with Gasteiger partial charge >= 0.3 is 0 Å². The molecule has 2 saturated heterocycles. The van der Waals surface area contributed by atoms with Crippen LogP contribution in [0.15, 0.2) is 48.8 Å². The van der Waals surface area contributed by atoms with Crippen LogP contribution in [0.1, 0.15) is 117 Å². The lowest BCUT2D eigenvalue weighted by Crippen LogP contribution is -2.74. The van der Waals surface area contributed by atoms with Crippen LogP contribution in [0.25, 0.3) is 0 Å². The Balaban J connectivity index is 0.796. The second-order valence-electron chi connectivity index (χ2n) is 19.3. The van der Waals surface area contributed by atoms with Gasteiger partial charge in [0.15, 0.2) is 0 Å². The predicted molar refractivity (Wildman–Crippen MR) is 233 cm³/mol. The highest BCUT2D eigenvalue weighted by atomic mass is 35.5. The maximum atomic E-state index is 13.5. The van der Waals surface area contributed by atoms with Crippen molar-refractivity contribution in [1.82, 2.24) is 30.0 Å². The number of nitrogens with one attached hydrogen (secondary N) is 1. The number of imide groups is 1. The summed E-state index contributed by atoms with van der Waals surface area (Å²) >= 11 is 6.26. The van der Waals surface area contributed by atoms with Gasteiger partial charge in [-0.15, -0.1) is 0 Å². The van der Waals surface area contributed by atoms with Gasteiger partial charge in [0.25, 0.3) is 17.7 Å². The first kappa shape index (κ1) is 43.4. The number of hydrogen-bond acceptors (Lipinski definition) is 11. The van der Waals surface area contributed by atoms with E-state index in [1.54, 1.807) is 60.7 Å². The van der Waals surface area contributed by atoms with E-state index in [1.165, 1.54) is 0 Å². The van der Waals surface area contributed by atoms with Crippen LogP contribution in [0.2, 0.25) is 5.02 Å². The molecule has 0 radical (unpaired) electrons. The van der Waals surface area contributed by atoms with E-state index in [0.29, 0.717) is 75.7 Å². The van der Waals surface area contributed by atoms with Crippen LogP contribution >= 0.6 is 11.6 Å². The molecule has 4 heterocycles. The first-order valence-electron chi connectivity index (χ1n) is 21.9. The highest BCUT2D eigenvalue weighted by molar-refractivity contribution is 6.31. The van der Waals surface area contributed by atoms with Crippen molar-refractivity contribution in [3.8, 4) is 17.6 Å². The molecule has 1 unspecified atom stereocenters. The Morgan fingerprint density at radius 3 is 2.23 bits per heavy atom. The molecule has 1 atom stereocenters. The first-order chi connectivity index (χ1) is 29.5. The topological polar surface area (TPSA) is 161 Å². The van der Waals surface area contributed by atoms with Crippen molar-refractivity contribution >= 4 is 41.2 Å². The molecule has 0 bridgehead atoms. The van der Waals surface area contributed by atoms with E-state index in [4.69, 9.17) is 21.1 Å². The van der Waals surface area contributed by atoms with E-state index < -0.39 is 28.7 Å².